The summed E-state index contributed by atoms with van der Waals surface area (Å²) in [6, 6.07) is 22.9. The number of carbonyl (C=O) groups excluding carboxylic acids is 3. The van der Waals surface area contributed by atoms with Crippen LogP contribution in [-0.4, -0.2) is 52.5 Å². The van der Waals surface area contributed by atoms with Crippen LogP contribution in [-0.2, 0) is 34.0 Å². The number of nitrogens with two attached hydrogens (primary N) is 1. The maximum Gasteiger partial charge on any atom is 0.243 e. The maximum absolute atomic E-state index is 12.9. The van der Waals surface area contributed by atoms with Gasteiger partial charge in [-0.2, -0.15) is 0 Å². The molecule has 1 aliphatic heterocycles. The molecule has 9 nitrogen and oxygen atoms in total. The van der Waals surface area contributed by atoms with Crippen molar-refractivity contribution in [2.24, 2.45) is 5.73 Å². The van der Waals surface area contributed by atoms with Crippen LogP contribution in [0.4, 0.5) is 0 Å². The maximum atomic E-state index is 12.9. The highest BCUT2D eigenvalue weighted by Crippen LogP contribution is 2.31. The molecule has 0 aliphatic carbocycles. The van der Waals surface area contributed by atoms with Crippen LogP contribution in [0.15, 0.2) is 78.9 Å². The molecule has 0 saturated carbocycles. The molecule has 0 bridgehead atoms. The highest BCUT2D eigenvalue weighted by molar-refractivity contribution is 5.91. The molecule has 3 aromatic carbocycles. The van der Waals surface area contributed by atoms with E-state index in [4.69, 9.17) is 15.2 Å². The van der Waals surface area contributed by atoms with Crippen LogP contribution in [0.3, 0.4) is 0 Å². The first-order chi connectivity index (χ1) is 18.8. The number of hydrogen-bond acceptors (Lipinski definition) is 6. The Bertz CT molecular complexity index is 1280. The number of nitrogens with one attached hydrogen (secondary N) is 1. The molecule has 39 heavy (non-hydrogen) atoms. The van der Waals surface area contributed by atoms with Gasteiger partial charge in [0.15, 0.2) is 11.5 Å². The third-order valence-corrected chi connectivity index (χ3v) is 6.57. The van der Waals surface area contributed by atoms with E-state index in [0.29, 0.717) is 30.3 Å². The SMILES string of the molecule is CC(=O)N1C[C@H](O)C[C@H]1C(=O)N[C@@H](Cc1ccc(OCc2ccccc2)c(OCc2ccccc2)c1)C(N)=O. The number of primary amides is 1. The van der Waals surface area contributed by atoms with Gasteiger partial charge in [-0.25, -0.2) is 0 Å². The van der Waals surface area contributed by atoms with Gasteiger partial charge in [-0.3, -0.25) is 14.4 Å². The van der Waals surface area contributed by atoms with Crippen molar-refractivity contribution in [2.75, 3.05) is 6.54 Å². The van der Waals surface area contributed by atoms with Gasteiger partial charge in [-0.05, 0) is 28.8 Å². The van der Waals surface area contributed by atoms with E-state index >= 15 is 0 Å². The molecule has 1 aliphatic rings. The summed E-state index contributed by atoms with van der Waals surface area (Å²) in [6.07, 6.45) is -0.594. The van der Waals surface area contributed by atoms with E-state index in [1.54, 1.807) is 18.2 Å². The largest absolute Gasteiger partial charge is 0.485 e. The molecular weight excluding hydrogens is 498 g/mol. The predicted molar refractivity (Wildman–Crippen MR) is 145 cm³/mol. The van der Waals surface area contributed by atoms with E-state index < -0.39 is 30.0 Å². The molecule has 3 atom stereocenters. The van der Waals surface area contributed by atoms with Gasteiger partial charge in [0.05, 0.1) is 6.10 Å². The Hall–Kier alpha value is -4.37. The van der Waals surface area contributed by atoms with Crippen molar-refractivity contribution >= 4 is 17.7 Å². The zero-order valence-electron chi connectivity index (χ0n) is 21.8. The van der Waals surface area contributed by atoms with Crippen molar-refractivity contribution < 1.29 is 29.0 Å². The number of hydrogen-bond donors (Lipinski definition) is 3. The minimum atomic E-state index is -1.03. The van der Waals surface area contributed by atoms with Crippen LogP contribution in [0.5, 0.6) is 11.5 Å². The number of ether oxygens (including phenoxy) is 2. The molecule has 0 radical (unpaired) electrons. The van der Waals surface area contributed by atoms with Crippen molar-refractivity contribution in [2.45, 2.75) is 51.2 Å². The van der Waals surface area contributed by atoms with Crippen LogP contribution in [0.25, 0.3) is 0 Å². The fourth-order valence-corrected chi connectivity index (χ4v) is 4.52. The summed E-state index contributed by atoms with van der Waals surface area (Å²) in [4.78, 5) is 38.4. The molecule has 1 fully saturated rings. The van der Waals surface area contributed by atoms with Crippen LogP contribution >= 0.6 is 0 Å². The monoisotopic (exact) mass is 531 g/mol. The normalized spacial score (nSPS) is 17.3. The van der Waals surface area contributed by atoms with Crippen molar-refractivity contribution in [1.82, 2.24) is 10.2 Å². The second kappa shape index (κ2) is 12.9. The molecule has 3 aromatic rings. The molecule has 3 amide bonds. The number of amides is 3. The van der Waals surface area contributed by atoms with E-state index in [9.17, 15) is 19.5 Å². The lowest BCUT2D eigenvalue weighted by Crippen LogP contribution is -2.52. The number of aliphatic hydroxyl groups is 1. The van der Waals surface area contributed by atoms with Crippen LogP contribution in [0.2, 0.25) is 0 Å². The number of rotatable bonds is 11. The van der Waals surface area contributed by atoms with Crippen molar-refractivity contribution in [1.29, 1.82) is 0 Å². The van der Waals surface area contributed by atoms with E-state index in [1.807, 2.05) is 60.7 Å². The molecule has 1 heterocycles. The Balaban J connectivity index is 1.50. The molecule has 0 spiro atoms. The average molecular weight is 532 g/mol. The Kier molecular flexibility index (Phi) is 9.17. The Morgan fingerprint density at radius 1 is 0.923 bits per heavy atom. The van der Waals surface area contributed by atoms with Gasteiger partial charge in [0.2, 0.25) is 17.7 Å². The van der Waals surface area contributed by atoms with Crippen molar-refractivity contribution in [3.63, 3.8) is 0 Å². The first kappa shape index (κ1) is 27.7. The number of nitrogens with zero attached hydrogens (tertiary/aromatic N) is 1. The Labute approximate surface area is 227 Å². The van der Waals surface area contributed by atoms with E-state index in [1.165, 1.54) is 11.8 Å². The highest BCUT2D eigenvalue weighted by atomic mass is 16.5. The third kappa shape index (κ3) is 7.58. The standard InChI is InChI=1S/C30H33N3O6/c1-20(34)33-17-24(35)16-26(33)30(37)32-25(29(31)36)14-23-12-13-27(38-18-21-8-4-2-5-9-21)28(15-23)39-19-22-10-6-3-7-11-22/h2-13,15,24-26,35H,14,16-19H2,1H3,(H2,31,36)(H,32,37)/t24-,25+,26+/m1/s1. The smallest absolute Gasteiger partial charge is 0.243 e. The first-order valence-corrected chi connectivity index (χ1v) is 12.8. The Morgan fingerprint density at radius 2 is 1.51 bits per heavy atom. The van der Waals surface area contributed by atoms with Crippen LogP contribution < -0.4 is 20.5 Å². The summed E-state index contributed by atoms with van der Waals surface area (Å²) < 4.78 is 12.2. The molecule has 204 valence electrons. The minimum Gasteiger partial charge on any atom is -0.485 e. The minimum absolute atomic E-state index is 0.0706. The van der Waals surface area contributed by atoms with Crippen LogP contribution in [0.1, 0.15) is 30.0 Å². The molecule has 4 rings (SSSR count). The summed E-state index contributed by atoms with van der Waals surface area (Å²) in [5.41, 5.74) is 8.31. The molecule has 4 N–H and O–H groups in total. The van der Waals surface area contributed by atoms with Gasteiger partial charge in [-0.15, -0.1) is 0 Å². The van der Waals surface area contributed by atoms with Crippen molar-refractivity contribution in [3.05, 3.63) is 95.6 Å². The second-order valence-electron chi connectivity index (χ2n) is 9.57. The molecule has 0 aromatic heterocycles. The highest BCUT2D eigenvalue weighted by Gasteiger charge is 2.38. The third-order valence-electron chi connectivity index (χ3n) is 6.57. The van der Waals surface area contributed by atoms with E-state index in [2.05, 4.69) is 5.32 Å². The van der Waals surface area contributed by atoms with Gasteiger partial charge >= 0.3 is 0 Å². The second-order valence-corrected chi connectivity index (χ2v) is 9.57. The first-order valence-electron chi connectivity index (χ1n) is 12.8. The molecule has 9 heteroatoms. The number of β-amino-alcohol motifs (C(OH)–C–C–N with tert-alkyl or cyclic N) is 1. The average Bonchev–Trinajstić information content (AvgIpc) is 3.34. The van der Waals surface area contributed by atoms with Crippen LogP contribution in [0, 0.1) is 0 Å². The fraction of sp³-hybridized carbons (Fsp3) is 0.300. The summed E-state index contributed by atoms with van der Waals surface area (Å²) in [6.45, 7) is 2.07. The predicted octanol–water partition coefficient (Wildman–Crippen LogP) is 2.34. The van der Waals surface area contributed by atoms with E-state index in [0.717, 1.165) is 11.1 Å². The number of benzene rings is 3. The number of carbonyl (C=O) groups is 3. The lowest BCUT2D eigenvalue weighted by molar-refractivity contribution is -0.138. The van der Waals surface area contributed by atoms with Gasteiger partial charge in [0, 0.05) is 26.3 Å². The summed E-state index contributed by atoms with van der Waals surface area (Å²) >= 11 is 0. The lowest BCUT2D eigenvalue weighted by atomic mass is 10.0. The number of likely N-dealkylation sites (tertiary alicyclic amines) is 1. The van der Waals surface area contributed by atoms with Crippen molar-refractivity contribution in [3.8, 4) is 11.5 Å². The lowest BCUT2D eigenvalue weighted by Gasteiger charge is -2.24. The van der Waals surface area contributed by atoms with Gasteiger partial charge in [-0.1, -0.05) is 66.7 Å². The van der Waals surface area contributed by atoms with Gasteiger partial charge in [0.25, 0.3) is 0 Å². The zero-order valence-corrected chi connectivity index (χ0v) is 21.8. The topological polar surface area (TPSA) is 131 Å². The summed E-state index contributed by atoms with van der Waals surface area (Å²) in [7, 11) is 0. The fourth-order valence-electron chi connectivity index (χ4n) is 4.52. The molecule has 1 saturated heterocycles. The Morgan fingerprint density at radius 3 is 2.08 bits per heavy atom. The van der Waals surface area contributed by atoms with Gasteiger partial charge in [0.1, 0.15) is 25.3 Å². The quantitative estimate of drug-likeness (QED) is 0.348. The summed E-state index contributed by atoms with van der Waals surface area (Å²) in [5, 5.41) is 12.6. The van der Waals surface area contributed by atoms with E-state index in [-0.39, 0.29) is 25.3 Å². The summed E-state index contributed by atoms with van der Waals surface area (Å²) in [5.74, 6) is -0.547. The number of aliphatic hydroxyl groups excluding tert-OH is 1. The van der Waals surface area contributed by atoms with Gasteiger partial charge < -0.3 is 30.5 Å². The molecular formula is C30H33N3O6. The zero-order chi connectivity index (χ0) is 27.8. The molecule has 0 unspecified atom stereocenters.